The number of benzene rings is 1. The monoisotopic (exact) mass is 351 g/mol. The van der Waals surface area contributed by atoms with Crippen LogP contribution in [0.4, 0.5) is 0 Å². The molecule has 130 valence electrons. The van der Waals surface area contributed by atoms with Gasteiger partial charge in [0.25, 0.3) is 0 Å². The quantitative estimate of drug-likeness (QED) is 0.792. The van der Waals surface area contributed by atoms with Crippen molar-refractivity contribution < 1.29 is 17.7 Å². The number of sulfonamides is 1. The lowest BCUT2D eigenvalue weighted by Crippen LogP contribution is -2.32. The fraction of sp³-hybridized carbons (Fsp3) is 0.375. The number of amides is 1. The van der Waals surface area contributed by atoms with Crippen LogP contribution in [0.3, 0.4) is 0 Å². The van der Waals surface area contributed by atoms with Crippen LogP contribution < -0.4 is 10.0 Å². The summed E-state index contributed by atoms with van der Waals surface area (Å²) in [6, 6.07) is 9.40. The van der Waals surface area contributed by atoms with Crippen molar-refractivity contribution in [2.75, 3.05) is 6.54 Å². The average Bonchev–Trinajstić information content (AvgIpc) is 2.87. The van der Waals surface area contributed by atoms with Gasteiger partial charge in [0.1, 0.15) is 10.6 Å². The molecule has 0 aliphatic rings. The molecule has 0 radical (unpaired) electrons. The zero-order valence-corrected chi connectivity index (χ0v) is 14.7. The maximum Gasteiger partial charge on any atom is 0.245 e. The van der Waals surface area contributed by atoms with E-state index in [2.05, 4.69) is 15.2 Å². The molecule has 0 unspecified atom stereocenters. The molecule has 24 heavy (non-hydrogen) atoms. The third kappa shape index (κ3) is 4.42. The fourth-order valence-corrected chi connectivity index (χ4v) is 3.73. The van der Waals surface area contributed by atoms with Crippen LogP contribution in [0.5, 0.6) is 0 Å². The van der Waals surface area contributed by atoms with Gasteiger partial charge in [0, 0.05) is 13.0 Å². The number of rotatable bonds is 7. The molecule has 0 saturated heterocycles. The topological polar surface area (TPSA) is 101 Å². The molecule has 8 heteroatoms. The Balaban J connectivity index is 1.86. The minimum atomic E-state index is -3.74. The Morgan fingerprint density at radius 3 is 2.50 bits per heavy atom. The highest BCUT2D eigenvalue weighted by atomic mass is 32.2. The summed E-state index contributed by atoms with van der Waals surface area (Å²) in [7, 11) is -3.74. The van der Waals surface area contributed by atoms with E-state index >= 15 is 0 Å². The fourth-order valence-electron chi connectivity index (χ4n) is 2.37. The number of nitrogens with zero attached hydrogens (tertiary/aromatic N) is 1. The van der Waals surface area contributed by atoms with Gasteiger partial charge in [-0.2, -0.15) is 0 Å². The SMILES string of the molecule is Cc1noc(C)c1S(=O)(=O)NCCC(=O)N[C@H](C)c1ccccc1. The highest BCUT2D eigenvalue weighted by Gasteiger charge is 2.23. The van der Waals surface area contributed by atoms with E-state index < -0.39 is 10.0 Å². The number of aromatic nitrogens is 1. The van der Waals surface area contributed by atoms with Crippen LogP contribution >= 0.6 is 0 Å². The van der Waals surface area contributed by atoms with Gasteiger partial charge in [-0.05, 0) is 26.3 Å². The average molecular weight is 351 g/mol. The first-order valence-corrected chi connectivity index (χ1v) is 9.06. The maximum atomic E-state index is 12.2. The molecule has 0 saturated carbocycles. The molecule has 2 aromatic rings. The maximum absolute atomic E-state index is 12.2. The molecule has 0 bridgehead atoms. The Labute approximate surface area is 141 Å². The summed E-state index contributed by atoms with van der Waals surface area (Å²) in [5.74, 6) is -0.00466. The van der Waals surface area contributed by atoms with Crippen molar-refractivity contribution in [2.24, 2.45) is 0 Å². The van der Waals surface area contributed by atoms with Gasteiger partial charge in [0.15, 0.2) is 5.76 Å². The van der Waals surface area contributed by atoms with Gasteiger partial charge in [0.2, 0.25) is 15.9 Å². The van der Waals surface area contributed by atoms with E-state index in [1.54, 1.807) is 6.92 Å². The largest absolute Gasteiger partial charge is 0.360 e. The summed E-state index contributed by atoms with van der Waals surface area (Å²) in [5, 5.41) is 6.46. The third-order valence-corrected chi connectivity index (χ3v) is 5.26. The molecule has 0 aliphatic carbocycles. The molecular formula is C16H21N3O4S. The van der Waals surface area contributed by atoms with Gasteiger partial charge in [-0.25, -0.2) is 13.1 Å². The number of carbonyl (C=O) groups is 1. The summed E-state index contributed by atoms with van der Waals surface area (Å²) in [5.41, 5.74) is 1.28. The van der Waals surface area contributed by atoms with Crippen molar-refractivity contribution in [1.29, 1.82) is 0 Å². The number of nitrogens with one attached hydrogen (secondary N) is 2. The molecule has 2 N–H and O–H groups in total. The Morgan fingerprint density at radius 2 is 1.92 bits per heavy atom. The van der Waals surface area contributed by atoms with Gasteiger partial charge < -0.3 is 9.84 Å². The molecule has 1 aromatic heterocycles. The van der Waals surface area contributed by atoms with E-state index in [0.29, 0.717) is 5.69 Å². The summed E-state index contributed by atoms with van der Waals surface area (Å²) >= 11 is 0. The summed E-state index contributed by atoms with van der Waals surface area (Å²) in [4.78, 5) is 12.0. The van der Waals surface area contributed by atoms with E-state index in [1.165, 1.54) is 6.92 Å². The second kappa shape index (κ2) is 7.59. The van der Waals surface area contributed by atoms with Crippen molar-refractivity contribution in [3.05, 3.63) is 47.3 Å². The van der Waals surface area contributed by atoms with E-state index in [4.69, 9.17) is 4.52 Å². The van der Waals surface area contributed by atoms with Gasteiger partial charge in [-0.15, -0.1) is 0 Å². The van der Waals surface area contributed by atoms with Crippen LogP contribution in [0, 0.1) is 13.8 Å². The number of carbonyl (C=O) groups excluding carboxylic acids is 1. The Bertz CT molecular complexity index is 780. The minimum Gasteiger partial charge on any atom is -0.360 e. The predicted octanol–water partition coefficient (Wildman–Crippen LogP) is 1.84. The van der Waals surface area contributed by atoms with Crippen molar-refractivity contribution in [3.8, 4) is 0 Å². The second-order valence-electron chi connectivity index (χ2n) is 5.50. The van der Waals surface area contributed by atoms with Crippen molar-refractivity contribution in [3.63, 3.8) is 0 Å². The lowest BCUT2D eigenvalue weighted by atomic mass is 10.1. The molecule has 0 spiro atoms. The van der Waals surface area contributed by atoms with Crippen LogP contribution in [-0.4, -0.2) is 26.0 Å². The molecule has 1 heterocycles. The first-order chi connectivity index (χ1) is 11.3. The normalized spacial score (nSPS) is 12.8. The van der Waals surface area contributed by atoms with Crippen LogP contribution in [0.1, 0.15) is 36.4 Å². The first-order valence-electron chi connectivity index (χ1n) is 7.58. The summed E-state index contributed by atoms with van der Waals surface area (Å²) in [6.07, 6.45) is 0.0414. The molecule has 2 rings (SSSR count). The summed E-state index contributed by atoms with van der Waals surface area (Å²) < 4.78 is 31.7. The van der Waals surface area contributed by atoms with E-state index in [-0.39, 0.29) is 35.6 Å². The van der Waals surface area contributed by atoms with Crippen LogP contribution in [0.2, 0.25) is 0 Å². The van der Waals surface area contributed by atoms with Crippen molar-refractivity contribution in [1.82, 2.24) is 15.2 Å². The zero-order chi connectivity index (χ0) is 17.7. The third-order valence-electron chi connectivity index (χ3n) is 3.56. The van der Waals surface area contributed by atoms with Gasteiger partial charge in [-0.3, -0.25) is 4.79 Å². The molecule has 1 aromatic carbocycles. The molecule has 7 nitrogen and oxygen atoms in total. The lowest BCUT2D eigenvalue weighted by molar-refractivity contribution is -0.121. The Hall–Kier alpha value is -2.19. The molecule has 1 amide bonds. The van der Waals surface area contributed by atoms with Gasteiger partial charge in [-0.1, -0.05) is 35.5 Å². The Morgan fingerprint density at radius 1 is 1.25 bits per heavy atom. The van der Waals surface area contributed by atoms with Crippen LogP contribution in [-0.2, 0) is 14.8 Å². The predicted molar refractivity (Wildman–Crippen MR) is 88.8 cm³/mol. The molecule has 0 aliphatic heterocycles. The lowest BCUT2D eigenvalue weighted by Gasteiger charge is -2.14. The molecule has 0 fully saturated rings. The second-order valence-corrected chi connectivity index (χ2v) is 7.20. The standard InChI is InChI=1S/C16H21N3O4S/c1-11(14-7-5-4-6-8-14)18-15(20)9-10-17-24(21,22)16-12(2)19-23-13(16)3/h4-8,11,17H,9-10H2,1-3H3,(H,18,20)/t11-/m1/s1. The highest BCUT2D eigenvalue weighted by molar-refractivity contribution is 7.89. The van der Waals surface area contributed by atoms with E-state index in [1.807, 2.05) is 37.3 Å². The van der Waals surface area contributed by atoms with E-state index in [0.717, 1.165) is 5.56 Å². The Kier molecular flexibility index (Phi) is 5.74. The number of aryl methyl sites for hydroxylation is 2. The van der Waals surface area contributed by atoms with E-state index in [9.17, 15) is 13.2 Å². The van der Waals surface area contributed by atoms with Gasteiger partial charge >= 0.3 is 0 Å². The van der Waals surface area contributed by atoms with Crippen molar-refractivity contribution >= 4 is 15.9 Å². The van der Waals surface area contributed by atoms with Crippen LogP contribution in [0.15, 0.2) is 39.8 Å². The number of hydrogen-bond acceptors (Lipinski definition) is 5. The van der Waals surface area contributed by atoms with Gasteiger partial charge in [0.05, 0.1) is 6.04 Å². The first kappa shape index (κ1) is 18.2. The van der Waals surface area contributed by atoms with Crippen LogP contribution in [0.25, 0.3) is 0 Å². The molecular weight excluding hydrogens is 330 g/mol. The van der Waals surface area contributed by atoms with Crippen molar-refractivity contribution in [2.45, 2.75) is 38.1 Å². The minimum absolute atomic E-state index is 0.000262. The summed E-state index contributed by atoms with van der Waals surface area (Å²) in [6.45, 7) is 4.96. The highest BCUT2D eigenvalue weighted by Crippen LogP contribution is 2.18. The molecule has 1 atom stereocenters. The zero-order valence-electron chi connectivity index (χ0n) is 13.9. The number of hydrogen-bond donors (Lipinski definition) is 2. The smallest absolute Gasteiger partial charge is 0.245 e.